The van der Waals surface area contributed by atoms with Gasteiger partial charge in [0.25, 0.3) is 11.8 Å². The van der Waals surface area contributed by atoms with Gasteiger partial charge in [0.2, 0.25) is 5.91 Å². The zero-order valence-electron chi connectivity index (χ0n) is 17.6. The minimum Gasteiger partial charge on any atom is -0.364 e. The number of carbonyl (C=O) groups excluding carboxylic acids is 3. The number of anilines is 4. The molecule has 2 aliphatic rings. The smallest absolute Gasteiger partial charge is 0.258 e. The van der Waals surface area contributed by atoms with Crippen LogP contribution in [0.2, 0.25) is 0 Å². The minimum absolute atomic E-state index is 0.0534. The summed E-state index contributed by atoms with van der Waals surface area (Å²) in [7, 11) is 1.83. The Balaban J connectivity index is 1.29. The normalized spacial score (nSPS) is 14.5. The predicted molar refractivity (Wildman–Crippen MR) is 125 cm³/mol. The second-order valence-electron chi connectivity index (χ2n) is 8.00. The third-order valence-corrected chi connectivity index (χ3v) is 5.85. The van der Waals surface area contributed by atoms with Crippen molar-refractivity contribution in [2.24, 2.45) is 0 Å². The van der Waals surface area contributed by atoms with Crippen LogP contribution in [0.3, 0.4) is 0 Å². The highest BCUT2D eigenvalue weighted by Crippen LogP contribution is 2.30. The number of carbonyl (C=O) groups is 3. The van der Waals surface area contributed by atoms with Crippen molar-refractivity contribution < 1.29 is 14.4 Å². The molecular weight excluding hydrogens is 404 g/mol. The number of amides is 3. The van der Waals surface area contributed by atoms with Gasteiger partial charge in [-0.1, -0.05) is 18.2 Å². The lowest BCUT2D eigenvalue weighted by atomic mass is 10.1. The molecule has 0 aliphatic carbocycles. The van der Waals surface area contributed by atoms with Crippen LogP contribution < -0.4 is 20.4 Å². The van der Waals surface area contributed by atoms with E-state index in [4.69, 9.17) is 0 Å². The van der Waals surface area contributed by atoms with Gasteiger partial charge in [-0.05, 0) is 60.5 Å². The lowest BCUT2D eigenvalue weighted by Crippen LogP contribution is -2.35. The Morgan fingerprint density at radius 2 is 1.69 bits per heavy atom. The zero-order valence-corrected chi connectivity index (χ0v) is 17.6. The van der Waals surface area contributed by atoms with Crippen molar-refractivity contribution in [3.05, 3.63) is 83.4 Å². The first kappa shape index (κ1) is 19.8. The van der Waals surface area contributed by atoms with E-state index in [1.54, 1.807) is 41.3 Å². The molecule has 5 rings (SSSR count). The Labute approximate surface area is 185 Å². The molecule has 3 aromatic rings. The number of para-hydroxylation sites is 1. The lowest BCUT2D eigenvalue weighted by Gasteiger charge is -2.27. The largest absolute Gasteiger partial charge is 0.364 e. The van der Waals surface area contributed by atoms with E-state index in [1.807, 2.05) is 42.3 Å². The number of hydrogen-bond acceptors (Lipinski definition) is 4. The van der Waals surface area contributed by atoms with E-state index >= 15 is 0 Å². The van der Waals surface area contributed by atoms with Gasteiger partial charge in [0.05, 0.1) is 17.9 Å². The Bertz CT molecular complexity index is 1240. The van der Waals surface area contributed by atoms with Crippen LogP contribution in [0.25, 0.3) is 0 Å². The topological polar surface area (TPSA) is 81.8 Å². The van der Waals surface area contributed by atoms with Crippen molar-refractivity contribution in [1.29, 1.82) is 0 Å². The van der Waals surface area contributed by atoms with E-state index in [1.165, 1.54) is 5.56 Å². The minimum atomic E-state index is -0.289. The van der Waals surface area contributed by atoms with Crippen LogP contribution in [0, 0.1) is 0 Å². The molecule has 32 heavy (non-hydrogen) atoms. The average Bonchev–Trinajstić information content (AvgIpc) is 3.23. The van der Waals surface area contributed by atoms with Crippen LogP contribution in [0.5, 0.6) is 0 Å². The summed E-state index contributed by atoms with van der Waals surface area (Å²) in [6.07, 6.45) is 0.854. The molecule has 0 aromatic heterocycles. The highest BCUT2D eigenvalue weighted by atomic mass is 16.2. The summed E-state index contributed by atoms with van der Waals surface area (Å²) in [5.74, 6) is -0.455. The van der Waals surface area contributed by atoms with Crippen molar-refractivity contribution in [1.82, 2.24) is 0 Å². The summed E-state index contributed by atoms with van der Waals surface area (Å²) in [6, 6.07) is 20.0. The Morgan fingerprint density at radius 1 is 0.938 bits per heavy atom. The van der Waals surface area contributed by atoms with Gasteiger partial charge in [0.15, 0.2) is 0 Å². The monoisotopic (exact) mass is 426 g/mol. The van der Waals surface area contributed by atoms with E-state index in [-0.39, 0.29) is 24.3 Å². The maximum absolute atomic E-state index is 13.0. The van der Waals surface area contributed by atoms with Crippen molar-refractivity contribution in [2.75, 3.05) is 40.6 Å². The zero-order chi connectivity index (χ0) is 22.2. The Morgan fingerprint density at radius 3 is 2.50 bits per heavy atom. The van der Waals surface area contributed by atoms with E-state index in [9.17, 15) is 14.4 Å². The molecule has 0 fully saturated rings. The maximum Gasteiger partial charge on any atom is 0.258 e. The van der Waals surface area contributed by atoms with Crippen LogP contribution in [0.1, 0.15) is 26.3 Å². The predicted octanol–water partition coefficient (Wildman–Crippen LogP) is 3.53. The first-order chi connectivity index (χ1) is 15.5. The molecule has 0 radical (unpaired) electrons. The highest BCUT2D eigenvalue weighted by molar-refractivity contribution is 6.09. The summed E-state index contributed by atoms with van der Waals surface area (Å²) in [4.78, 5) is 41.1. The molecular formula is C25H22N4O3. The summed E-state index contributed by atoms with van der Waals surface area (Å²) in [6.45, 7) is 0.952. The van der Waals surface area contributed by atoms with E-state index in [2.05, 4.69) is 10.6 Å². The van der Waals surface area contributed by atoms with Crippen LogP contribution in [0.4, 0.5) is 22.7 Å². The highest BCUT2D eigenvalue weighted by Gasteiger charge is 2.25. The molecule has 3 amide bonds. The third kappa shape index (κ3) is 3.58. The van der Waals surface area contributed by atoms with Gasteiger partial charge in [0.1, 0.15) is 0 Å². The number of nitrogens with one attached hydrogen (secondary N) is 2. The summed E-state index contributed by atoms with van der Waals surface area (Å²) in [5.41, 5.74) is 5.22. The van der Waals surface area contributed by atoms with Crippen molar-refractivity contribution in [3.63, 3.8) is 0 Å². The molecule has 2 aliphatic heterocycles. The molecule has 0 spiro atoms. The Kier molecular flexibility index (Phi) is 4.86. The second kappa shape index (κ2) is 7.85. The Hall–Kier alpha value is -4.13. The van der Waals surface area contributed by atoms with Gasteiger partial charge >= 0.3 is 0 Å². The fourth-order valence-corrected chi connectivity index (χ4v) is 4.21. The summed E-state index contributed by atoms with van der Waals surface area (Å²) >= 11 is 0. The summed E-state index contributed by atoms with van der Waals surface area (Å²) < 4.78 is 0. The molecule has 0 bridgehead atoms. The first-order valence-electron chi connectivity index (χ1n) is 10.5. The molecule has 0 atom stereocenters. The van der Waals surface area contributed by atoms with Crippen LogP contribution in [0.15, 0.2) is 66.7 Å². The number of benzene rings is 3. The number of nitrogens with zero attached hydrogens (tertiary/aromatic N) is 2. The number of likely N-dealkylation sites (N-methyl/N-ethyl adjacent to an activating group) is 1. The fraction of sp³-hybridized carbons (Fsp3) is 0.160. The molecule has 0 saturated heterocycles. The van der Waals surface area contributed by atoms with Gasteiger partial charge in [-0.25, -0.2) is 0 Å². The second-order valence-corrected chi connectivity index (χ2v) is 8.00. The molecule has 2 N–H and O–H groups in total. The molecule has 7 nitrogen and oxygen atoms in total. The molecule has 0 unspecified atom stereocenters. The van der Waals surface area contributed by atoms with E-state index < -0.39 is 0 Å². The van der Waals surface area contributed by atoms with Crippen LogP contribution in [-0.4, -0.2) is 37.9 Å². The number of hydrogen-bond donors (Lipinski definition) is 2. The molecule has 2 heterocycles. The average molecular weight is 426 g/mol. The SMILES string of the molecule is CN1CC(=O)Nc2cc(C(=O)Nc3ccc(C(=O)N4CCc5ccccc54)cc3)ccc21. The van der Waals surface area contributed by atoms with Crippen molar-refractivity contribution in [3.8, 4) is 0 Å². The van der Waals surface area contributed by atoms with Gasteiger partial charge in [-0.3, -0.25) is 14.4 Å². The molecule has 7 heteroatoms. The third-order valence-electron chi connectivity index (χ3n) is 5.85. The van der Waals surface area contributed by atoms with Crippen LogP contribution in [-0.2, 0) is 11.2 Å². The number of rotatable bonds is 3. The molecule has 3 aromatic carbocycles. The quantitative estimate of drug-likeness (QED) is 0.671. The van der Waals surface area contributed by atoms with E-state index in [0.717, 1.165) is 17.8 Å². The van der Waals surface area contributed by atoms with Gasteiger partial charge in [-0.2, -0.15) is 0 Å². The van der Waals surface area contributed by atoms with Gasteiger partial charge in [-0.15, -0.1) is 0 Å². The first-order valence-corrected chi connectivity index (χ1v) is 10.5. The maximum atomic E-state index is 13.0. The fourth-order valence-electron chi connectivity index (χ4n) is 4.21. The van der Waals surface area contributed by atoms with Gasteiger partial charge < -0.3 is 20.4 Å². The van der Waals surface area contributed by atoms with Gasteiger partial charge in [0, 0.05) is 36.1 Å². The van der Waals surface area contributed by atoms with Crippen LogP contribution >= 0.6 is 0 Å². The summed E-state index contributed by atoms with van der Waals surface area (Å²) in [5, 5.41) is 5.65. The number of fused-ring (bicyclic) bond motifs is 2. The standard InChI is InChI=1S/C25H22N4O3/c1-28-15-23(30)27-20-14-18(8-11-22(20)28)24(31)26-19-9-6-17(7-10-19)25(32)29-13-12-16-4-2-3-5-21(16)29/h2-11,14H,12-13,15H2,1H3,(H,26,31)(H,27,30). The van der Waals surface area contributed by atoms with E-state index in [0.29, 0.717) is 29.0 Å². The molecule has 0 saturated carbocycles. The van der Waals surface area contributed by atoms with Crippen molar-refractivity contribution >= 4 is 40.5 Å². The van der Waals surface area contributed by atoms with Crippen molar-refractivity contribution in [2.45, 2.75) is 6.42 Å². The molecule has 160 valence electrons. The lowest BCUT2D eigenvalue weighted by molar-refractivity contribution is -0.115.